The minimum Gasteiger partial charge on any atom is -0.497 e. The van der Waals surface area contributed by atoms with E-state index in [0.29, 0.717) is 13.0 Å². The number of carbonyl (C=O) groups excluding carboxylic acids is 1. The minimum absolute atomic E-state index is 0.0560. The van der Waals surface area contributed by atoms with E-state index in [0.717, 1.165) is 38.8 Å². The first-order valence-electron chi connectivity index (χ1n) is 9.33. The van der Waals surface area contributed by atoms with E-state index in [-0.39, 0.29) is 5.91 Å². The van der Waals surface area contributed by atoms with Gasteiger partial charge in [-0.3, -0.25) is 9.69 Å². The van der Waals surface area contributed by atoms with Gasteiger partial charge in [-0.05, 0) is 62.8 Å². The van der Waals surface area contributed by atoms with Crippen LogP contribution in [0.25, 0.3) is 10.2 Å². The van der Waals surface area contributed by atoms with Crippen LogP contribution < -0.4 is 9.64 Å². The number of hydrogen-bond donors (Lipinski definition) is 0. The maximum atomic E-state index is 13.2. The Hall–Kier alpha value is -2.44. The molecule has 0 saturated carbocycles. The summed E-state index contributed by atoms with van der Waals surface area (Å²) in [6.45, 7) is 5.55. The number of fused-ring (bicyclic) bond motifs is 1. The first kappa shape index (κ1) is 20.3. The average Bonchev–Trinajstić information content (AvgIpc) is 3.06. The van der Waals surface area contributed by atoms with Crippen LogP contribution in [0.15, 0.2) is 36.4 Å². The van der Waals surface area contributed by atoms with Crippen molar-refractivity contribution in [2.45, 2.75) is 20.3 Å². The number of thiazole rings is 1. The molecule has 0 saturated heterocycles. The summed E-state index contributed by atoms with van der Waals surface area (Å²) in [4.78, 5) is 21.9. The number of aromatic nitrogens is 1. The Morgan fingerprint density at radius 1 is 1.11 bits per heavy atom. The van der Waals surface area contributed by atoms with E-state index in [1.54, 1.807) is 18.4 Å². The number of carbonyl (C=O) groups is 1. The van der Waals surface area contributed by atoms with Crippen molar-refractivity contribution in [2.75, 3.05) is 39.2 Å². The molecule has 1 heterocycles. The van der Waals surface area contributed by atoms with Crippen molar-refractivity contribution in [3.63, 3.8) is 0 Å². The second-order valence-corrected chi connectivity index (χ2v) is 8.31. The highest BCUT2D eigenvalue weighted by Crippen LogP contribution is 2.32. The summed E-state index contributed by atoms with van der Waals surface area (Å²) < 4.78 is 6.33. The predicted octanol–water partition coefficient (Wildman–Crippen LogP) is 4.06. The van der Waals surface area contributed by atoms with E-state index in [9.17, 15) is 4.79 Å². The highest BCUT2D eigenvalue weighted by molar-refractivity contribution is 7.22. The molecule has 2 aromatic carbocycles. The third-order valence-corrected chi connectivity index (χ3v) is 5.66. The number of benzene rings is 2. The maximum Gasteiger partial charge on any atom is 0.233 e. The van der Waals surface area contributed by atoms with Gasteiger partial charge in [0.1, 0.15) is 5.75 Å². The second kappa shape index (κ2) is 8.71. The fraction of sp³-hybridized carbons (Fsp3) is 0.364. The molecule has 3 rings (SSSR count). The SMILES string of the molecule is COc1ccc(CC(=O)N(CCN(C)C)c2nc3c(C)cc(C)cc3s2)cc1. The van der Waals surface area contributed by atoms with Crippen LogP contribution in [0.4, 0.5) is 5.13 Å². The van der Waals surface area contributed by atoms with E-state index < -0.39 is 0 Å². The molecule has 0 aliphatic heterocycles. The molecule has 28 heavy (non-hydrogen) atoms. The number of anilines is 1. The number of ether oxygens (including phenoxy) is 1. The largest absolute Gasteiger partial charge is 0.497 e. The molecular weight excluding hydrogens is 370 g/mol. The van der Waals surface area contributed by atoms with E-state index in [2.05, 4.69) is 30.9 Å². The number of nitrogens with zero attached hydrogens (tertiary/aromatic N) is 3. The van der Waals surface area contributed by atoms with Crippen LogP contribution in [0.2, 0.25) is 0 Å². The van der Waals surface area contributed by atoms with Crippen molar-refractivity contribution < 1.29 is 9.53 Å². The zero-order chi connectivity index (χ0) is 20.3. The van der Waals surface area contributed by atoms with Gasteiger partial charge < -0.3 is 9.64 Å². The lowest BCUT2D eigenvalue weighted by molar-refractivity contribution is -0.118. The van der Waals surface area contributed by atoms with Crippen LogP contribution in [0.3, 0.4) is 0 Å². The second-order valence-electron chi connectivity index (χ2n) is 7.30. The third-order valence-electron chi connectivity index (χ3n) is 4.64. The lowest BCUT2D eigenvalue weighted by Gasteiger charge is -2.22. The lowest BCUT2D eigenvalue weighted by atomic mass is 10.1. The molecule has 0 spiro atoms. The lowest BCUT2D eigenvalue weighted by Crippen LogP contribution is -2.37. The highest BCUT2D eigenvalue weighted by atomic mass is 32.1. The molecule has 1 amide bonds. The quantitative estimate of drug-likeness (QED) is 0.603. The minimum atomic E-state index is 0.0560. The van der Waals surface area contributed by atoms with Crippen molar-refractivity contribution in [3.8, 4) is 5.75 Å². The van der Waals surface area contributed by atoms with E-state index in [1.807, 2.05) is 43.3 Å². The molecule has 0 atom stereocenters. The molecule has 0 N–H and O–H groups in total. The van der Waals surface area contributed by atoms with Gasteiger partial charge in [-0.1, -0.05) is 29.5 Å². The van der Waals surface area contributed by atoms with Crippen LogP contribution >= 0.6 is 11.3 Å². The Morgan fingerprint density at radius 3 is 2.46 bits per heavy atom. The first-order valence-corrected chi connectivity index (χ1v) is 10.1. The highest BCUT2D eigenvalue weighted by Gasteiger charge is 2.21. The topological polar surface area (TPSA) is 45.7 Å². The van der Waals surface area contributed by atoms with Crippen LogP contribution in [0, 0.1) is 13.8 Å². The normalized spacial score (nSPS) is 11.2. The molecule has 0 radical (unpaired) electrons. The number of likely N-dealkylation sites (N-methyl/N-ethyl adjacent to an activating group) is 1. The van der Waals surface area contributed by atoms with E-state index in [1.165, 1.54) is 5.56 Å². The zero-order valence-electron chi connectivity index (χ0n) is 17.2. The summed E-state index contributed by atoms with van der Waals surface area (Å²) in [7, 11) is 5.66. The molecule has 5 nitrogen and oxygen atoms in total. The van der Waals surface area contributed by atoms with Crippen LogP contribution in [-0.2, 0) is 11.2 Å². The van der Waals surface area contributed by atoms with Gasteiger partial charge in [0.25, 0.3) is 0 Å². The van der Waals surface area contributed by atoms with Gasteiger partial charge in [0.2, 0.25) is 5.91 Å². The van der Waals surface area contributed by atoms with Gasteiger partial charge in [0.05, 0.1) is 23.7 Å². The van der Waals surface area contributed by atoms with Gasteiger partial charge in [0, 0.05) is 13.1 Å². The fourth-order valence-corrected chi connectivity index (χ4v) is 4.30. The molecule has 148 valence electrons. The Morgan fingerprint density at radius 2 is 1.82 bits per heavy atom. The van der Waals surface area contributed by atoms with Crippen molar-refractivity contribution in [3.05, 3.63) is 53.1 Å². The van der Waals surface area contributed by atoms with Gasteiger partial charge in [-0.2, -0.15) is 0 Å². The fourth-order valence-electron chi connectivity index (χ4n) is 3.11. The van der Waals surface area contributed by atoms with E-state index in [4.69, 9.17) is 9.72 Å². The number of amides is 1. The summed E-state index contributed by atoms with van der Waals surface area (Å²) in [5.41, 5.74) is 4.31. The Kier molecular flexibility index (Phi) is 6.31. The third kappa shape index (κ3) is 4.69. The maximum absolute atomic E-state index is 13.2. The number of aryl methyl sites for hydroxylation is 2. The monoisotopic (exact) mass is 397 g/mol. The van der Waals surface area contributed by atoms with Gasteiger partial charge >= 0.3 is 0 Å². The molecule has 0 fully saturated rings. The van der Waals surface area contributed by atoms with Crippen molar-refractivity contribution in [2.24, 2.45) is 0 Å². The summed E-state index contributed by atoms with van der Waals surface area (Å²) >= 11 is 1.59. The number of hydrogen-bond acceptors (Lipinski definition) is 5. The first-order chi connectivity index (χ1) is 13.4. The summed E-state index contributed by atoms with van der Waals surface area (Å²) in [6.07, 6.45) is 0.339. The Labute approximate surface area is 170 Å². The molecule has 0 aliphatic rings. The number of rotatable bonds is 7. The molecule has 1 aromatic heterocycles. The predicted molar refractivity (Wildman–Crippen MR) is 117 cm³/mol. The van der Waals surface area contributed by atoms with Crippen molar-refractivity contribution >= 4 is 32.6 Å². The molecule has 6 heteroatoms. The van der Waals surface area contributed by atoms with Gasteiger partial charge in [-0.15, -0.1) is 0 Å². The molecule has 3 aromatic rings. The van der Waals surface area contributed by atoms with E-state index >= 15 is 0 Å². The van der Waals surface area contributed by atoms with Crippen LogP contribution in [0.1, 0.15) is 16.7 Å². The smallest absolute Gasteiger partial charge is 0.233 e. The Balaban J connectivity index is 1.89. The van der Waals surface area contributed by atoms with Crippen molar-refractivity contribution in [1.29, 1.82) is 0 Å². The summed E-state index contributed by atoms with van der Waals surface area (Å²) in [5, 5.41) is 0.768. The zero-order valence-corrected chi connectivity index (χ0v) is 18.0. The standard InChI is InChI=1S/C22H27N3O2S/c1-15-12-16(2)21-19(13-15)28-22(23-21)25(11-10-24(3)4)20(26)14-17-6-8-18(27-5)9-7-17/h6-9,12-13H,10-11,14H2,1-5H3. The van der Waals surface area contributed by atoms with Crippen LogP contribution in [-0.4, -0.2) is 50.1 Å². The molecular formula is C22H27N3O2S. The van der Waals surface area contributed by atoms with Gasteiger partial charge in [0.15, 0.2) is 5.13 Å². The average molecular weight is 398 g/mol. The molecule has 0 aliphatic carbocycles. The Bertz CT molecular complexity index is 964. The molecule has 0 unspecified atom stereocenters. The summed E-state index contributed by atoms with van der Waals surface area (Å²) in [5.74, 6) is 0.845. The summed E-state index contributed by atoms with van der Waals surface area (Å²) in [6, 6.07) is 11.9. The van der Waals surface area contributed by atoms with Gasteiger partial charge in [-0.25, -0.2) is 4.98 Å². The van der Waals surface area contributed by atoms with Crippen LogP contribution in [0.5, 0.6) is 5.75 Å². The molecule has 0 bridgehead atoms. The van der Waals surface area contributed by atoms with Crippen molar-refractivity contribution in [1.82, 2.24) is 9.88 Å². The number of methoxy groups -OCH3 is 1.